The summed E-state index contributed by atoms with van der Waals surface area (Å²) in [6, 6.07) is 20.3. The summed E-state index contributed by atoms with van der Waals surface area (Å²) in [5, 5.41) is 14.8. The number of nitrogens with one attached hydrogen (secondary N) is 1. The molecule has 0 radical (unpaired) electrons. The van der Waals surface area contributed by atoms with Crippen molar-refractivity contribution in [3.8, 4) is 11.5 Å². The Morgan fingerprint density at radius 2 is 1.83 bits per heavy atom. The van der Waals surface area contributed by atoms with Crippen LogP contribution in [0.3, 0.4) is 0 Å². The van der Waals surface area contributed by atoms with Crippen molar-refractivity contribution >= 4 is 17.8 Å². The Morgan fingerprint density at radius 3 is 2.57 bits per heavy atom. The van der Waals surface area contributed by atoms with Gasteiger partial charge in [-0.15, -0.1) is 0 Å². The molecule has 0 bridgehead atoms. The molecule has 3 rings (SSSR count). The highest BCUT2D eigenvalue weighted by atomic mass is 16.6. The predicted octanol–water partition coefficient (Wildman–Crippen LogP) is 3.95. The topological polar surface area (TPSA) is 103 Å². The van der Waals surface area contributed by atoms with Crippen LogP contribution in [0.15, 0.2) is 77.9 Å². The number of hydrogen-bond donors (Lipinski definition) is 1. The minimum atomic E-state index is -0.507. The standard InChI is InChI=1S/C22H19N3O5/c1-29-20-7-4-5-16(13-20)15-30-19-11-9-17(10-12-19)22(26)24-23-14-18-6-2-3-8-21(18)25(27)28/h2-14H,15H2,1H3,(H,24,26)/b23-14-. The Hall–Kier alpha value is -4.20. The molecule has 0 fully saturated rings. The summed E-state index contributed by atoms with van der Waals surface area (Å²) in [5.41, 5.74) is 3.90. The number of para-hydroxylation sites is 1. The van der Waals surface area contributed by atoms with Gasteiger partial charge in [-0.25, -0.2) is 5.43 Å². The van der Waals surface area contributed by atoms with E-state index in [9.17, 15) is 14.9 Å². The molecule has 0 saturated carbocycles. The summed E-state index contributed by atoms with van der Waals surface area (Å²) in [4.78, 5) is 22.7. The van der Waals surface area contributed by atoms with Crippen LogP contribution in [0.2, 0.25) is 0 Å². The number of carbonyl (C=O) groups is 1. The van der Waals surface area contributed by atoms with Crippen LogP contribution in [0.4, 0.5) is 5.69 Å². The van der Waals surface area contributed by atoms with Crippen molar-refractivity contribution in [2.75, 3.05) is 7.11 Å². The molecule has 0 heterocycles. The van der Waals surface area contributed by atoms with Gasteiger partial charge in [0.1, 0.15) is 18.1 Å². The van der Waals surface area contributed by atoms with Crippen molar-refractivity contribution in [2.45, 2.75) is 6.61 Å². The van der Waals surface area contributed by atoms with E-state index >= 15 is 0 Å². The zero-order chi connectivity index (χ0) is 21.3. The lowest BCUT2D eigenvalue weighted by Crippen LogP contribution is -2.17. The lowest BCUT2D eigenvalue weighted by atomic mass is 10.2. The van der Waals surface area contributed by atoms with Crippen LogP contribution in [0.25, 0.3) is 0 Å². The summed E-state index contributed by atoms with van der Waals surface area (Å²) in [6.45, 7) is 0.364. The minimum Gasteiger partial charge on any atom is -0.497 e. The highest BCUT2D eigenvalue weighted by Gasteiger charge is 2.10. The fraction of sp³-hybridized carbons (Fsp3) is 0.0909. The first-order valence-corrected chi connectivity index (χ1v) is 8.99. The molecule has 0 atom stereocenters. The highest BCUT2D eigenvalue weighted by Crippen LogP contribution is 2.17. The zero-order valence-electron chi connectivity index (χ0n) is 16.1. The molecule has 0 aliphatic heterocycles. The van der Waals surface area contributed by atoms with Gasteiger partial charge in [-0.3, -0.25) is 14.9 Å². The largest absolute Gasteiger partial charge is 0.497 e. The molecule has 30 heavy (non-hydrogen) atoms. The van der Waals surface area contributed by atoms with Gasteiger partial charge >= 0.3 is 0 Å². The lowest BCUT2D eigenvalue weighted by molar-refractivity contribution is -0.385. The summed E-state index contributed by atoms with van der Waals surface area (Å²) in [5.74, 6) is 0.923. The SMILES string of the molecule is COc1cccc(COc2ccc(C(=O)N/N=C\c3ccccc3[N+](=O)[O-])cc2)c1. The Morgan fingerprint density at radius 1 is 1.07 bits per heavy atom. The van der Waals surface area contributed by atoms with Crippen LogP contribution in [-0.2, 0) is 6.61 Å². The van der Waals surface area contributed by atoms with Gasteiger partial charge in [0, 0.05) is 11.6 Å². The number of ether oxygens (including phenoxy) is 2. The maximum atomic E-state index is 12.2. The molecule has 1 amide bonds. The van der Waals surface area contributed by atoms with Gasteiger partial charge in [-0.1, -0.05) is 24.3 Å². The second-order valence-corrected chi connectivity index (χ2v) is 6.18. The molecule has 8 heteroatoms. The highest BCUT2D eigenvalue weighted by molar-refractivity contribution is 5.95. The van der Waals surface area contributed by atoms with Crippen molar-refractivity contribution in [1.82, 2.24) is 5.43 Å². The van der Waals surface area contributed by atoms with Crippen molar-refractivity contribution in [2.24, 2.45) is 5.10 Å². The van der Waals surface area contributed by atoms with Crippen molar-refractivity contribution in [3.63, 3.8) is 0 Å². The van der Waals surface area contributed by atoms with Gasteiger partial charge in [-0.2, -0.15) is 5.10 Å². The van der Waals surface area contributed by atoms with Gasteiger partial charge in [0.05, 0.1) is 23.8 Å². The minimum absolute atomic E-state index is 0.0898. The number of rotatable bonds is 8. The Labute approximate surface area is 172 Å². The molecule has 3 aromatic rings. The molecule has 0 spiro atoms. The molecule has 0 aromatic heterocycles. The summed E-state index contributed by atoms with van der Waals surface area (Å²) in [7, 11) is 1.61. The van der Waals surface area contributed by atoms with E-state index in [0.29, 0.717) is 23.5 Å². The third-order valence-corrected chi connectivity index (χ3v) is 4.16. The molecule has 0 unspecified atom stereocenters. The van der Waals surface area contributed by atoms with E-state index in [-0.39, 0.29) is 5.69 Å². The molecule has 3 aromatic carbocycles. The number of nitrogens with zero attached hydrogens (tertiary/aromatic N) is 2. The molecule has 8 nitrogen and oxygen atoms in total. The van der Waals surface area contributed by atoms with E-state index in [2.05, 4.69) is 10.5 Å². The maximum Gasteiger partial charge on any atom is 0.278 e. The Balaban J connectivity index is 1.56. The van der Waals surface area contributed by atoms with Gasteiger partial charge in [0.2, 0.25) is 0 Å². The molecule has 0 aliphatic rings. The van der Waals surface area contributed by atoms with E-state index in [1.165, 1.54) is 12.3 Å². The smallest absolute Gasteiger partial charge is 0.278 e. The number of benzene rings is 3. The number of hydrogen-bond acceptors (Lipinski definition) is 6. The first-order chi connectivity index (χ1) is 14.6. The predicted molar refractivity (Wildman–Crippen MR) is 112 cm³/mol. The molecule has 152 valence electrons. The molecule has 1 N–H and O–H groups in total. The van der Waals surface area contributed by atoms with Crippen LogP contribution in [0, 0.1) is 10.1 Å². The number of methoxy groups -OCH3 is 1. The molecule has 0 aliphatic carbocycles. The van der Waals surface area contributed by atoms with Crippen molar-refractivity contribution in [1.29, 1.82) is 0 Å². The van der Waals surface area contributed by atoms with E-state index in [0.717, 1.165) is 11.3 Å². The zero-order valence-corrected chi connectivity index (χ0v) is 16.1. The molecular formula is C22H19N3O5. The van der Waals surface area contributed by atoms with E-state index in [4.69, 9.17) is 9.47 Å². The average molecular weight is 405 g/mol. The van der Waals surface area contributed by atoms with Crippen LogP contribution in [0.5, 0.6) is 11.5 Å². The number of carbonyl (C=O) groups excluding carboxylic acids is 1. The summed E-state index contributed by atoms with van der Waals surface area (Å²) < 4.78 is 10.9. The average Bonchev–Trinajstić information content (AvgIpc) is 2.78. The van der Waals surface area contributed by atoms with E-state index in [1.54, 1.807) is 49.6 Å². The summed E-state index contributed by atoms with van der Waals surface area (Å²) >= 11 is 0. The van der Waals surface area contributed by atoms with Crippen LogP contribution < -0.4 is 14.9 Å². The summed E-state index contributed by atoms with van der Waals surface area (Å²) in [6.07, 6.45) is 1.24. The first kappa shape index (κ1) is 20.5. The van der Waals surface area contributed by atoms with Crippen LogP contribution in [0.1, 0.15) is 21.5 Å². The fourth-order valence-corrected chi connectivity index (χ4v) is 2.62. The first-order valence-electron chi connectivity index (χ1n) is 8.99. The van der Waals surface area contributed by atoms with Gasteiger partial charge in [-0.05, 0) is 48.0 Å². The van der Waals surface area contributed by atoms with E-state index < -0.39 is 10.8 Å². The van der Waals surface area contributed by atoms with Crippen LogP contribution >= 0.6 is 0 Å². The second-order valence-electron chi connectivity index (χ2n) is 6.18. The monoisotopic (exact) mass is 405 g/mol. The number of hydrazone groups is 1. The number of amides is 1. The lowest BCUT2D eigenvalue weighted by Gasteiger charge is -2.08. The normalized spacial score (nSPS) is 10.6. The number of nitro benzene ring substituents is 1. The molecule has 0 saturated heterocycles. The second kappa shape index (κ2) is 9.83. The van der Waals surface area contributed by atoms with Gasteiger partial charge < -0.3 is 9.47 Å². The third-order valence-electron chi connectivity index (χ3n) is 4.16. The van der Waals surface area contributed by atoms with Crippen LogP contribution in [-0.4, -0.2) is 24.2 Å². The maximum absolute atomic E-state index is 12.2. The third kappa shape index (κ3) is 5.41. The number of nitro groups is 1. The van der Waals surface area contributed by atoms with Crippen molar-refractivity contribution < 1.29 is 19.2 Å². The Bertz CT molecular complexity index is 1060. The van der Waals surface area contributed by atoms with E-state index in [1.807, 2.05) is 24.3 Å². The van der Waals surface area contributed by atoms with Crippen molar-refractivity contribution in [3.05, 3.63) is 99.6 Å². The fourth-order valence-electron chi connectivity index (χ4n) is 2.62. The van der Waals surface area contributed by atoms with Gasteiger partial charge in [0.15, 0.2) is 0 Å². The van der Waals surface area contributed by atoms with Gasteiger partial charge in [0.25, 0.3) is 11.6 Å². The quantitative estimate of drug-likeness (QED) is 0.347. The molecular weight excluding hydrogens is 386 g/mol. The Kier molecular flexibility index (Phi) is 6.73.